The summed E-state index contributed by atoms with van der Waals surface area (Å²) in [6.07, 6.45) is 3.70. The molecule has 0 aliphatic carbocycles. The largest absolute Gasteiger partial charge is 0.455 e. The molecule has 1 aromatic carbocycles. The third kappa shape index (κ3) is 5.02. The average molecular weight is 288 g/mol. The normalized spacial score (nSPS) is 10.6. The SMILES string of the molecule is CCCCc1ccc(CC(=O)OCc2nc(C)no2)cc1. The zero-order valence-corrected chi connectivity index (χ0v) is 12.5. The highest BCUT2D eigenvalue weighted by molar-refractivity contribution is 5.72. The van der Waals surface area contributed by atoms with E-state index < -0.39 is 0 Å². The summed E-state index contributed by atoms with van der Waals surface area (Å²) in [5, 5.41) is 3.64. The van der Waals surface area contributed by atoms with E-state index in [-0.39, 0.29) is 19.0 Å². The molecule has 5 nitrogen and oxygen atoms in total. The summed E-state index contributed by atoms with van der Waals surface area (Å²) < 4.78 is 9.99. The monoisotopic (exact) mass is 288 g/mol. The quantitative estimate of drug-likeness (QED) is 0.733. The summed E-state index contributed by atoms with van der Waals surface area (Å²) in [7, 11) is 0. The number of rotatable bonds is 7. The Kier molecular flexibility index (Phi) is 5.49. The first-order chi connectivity index (χ1) is 10.2. The maximum atomic E-state index is 11.7. The Morgan fingerprint density at radius 2 is 1.95 bits per heavy atom. The van der Waals surface area contributed by atoms with Gasteiger partial charge in [0.2, 0.25) is 0 Å². The van der Waals surface area contributed by atoms with Crippen molar-refractivity contribution < 1.29 is 14.1 Å². The van der Waals surface area contributed by atoms with Gasteiger partial charge in [-0.3, -0.25) is 4.79 Å². The number of carbonyl (C=O) groups excluding carboxylic acids is 1. The highest BCUT2D eigenvalue weighted by atomic mass is 16.6. The van der Waals surface area contributed by atoms with Crippen molar-refractivity contribution >= 4 is 5.97 Å². The highest BCUT2D eigenvalue weighted by Gasteiger charge is 2.08. The summed E-state index contributed by atoms with van der Waals surface area (Å²) in [4.78, 5) is 15.7. The Morgan fingerprint density at radius 1 is 1.24 bits per heavy atom. The average Bonchev–Trinajstić information content (AvgIpc) is 2.90. The minimum Gasteiger partial charge on any atom is -0.455 e. The predicted molar refractivity (Wildman–Crippen MR) is 77.6 cm³/mol. The second-order valence-electron chi connectivity index (χ2n) is 4.99. The van der Waals surface area contributed by atoms with E-state index in [9.17, 15) is 4.79 Å². The fourth-order valence-electron chi connectivity index (χ4n) is 1.96. The second-order valence-corrected chi connectivity index (χ2v) is 4.99. The van der Waals surface area contributed by atoms with Gasteiger partial charge in [-0.05, 0) is 30.9 Å². The van der Waals surface area contributed by atoms with Crippen LogP contribution in [-0.2, 0) is 29.0 Å². The van der Waals surface area contributed by atoms with Crippen LogP contribution in [0.2, 0.25) is 0 Å². The lowest BCUT2D eigenvalue weighted by atomic mass is 10.1. The molecule has 1 aromatic heterocycles. The molecule has 0 bridgehead atoms. The number of hydrogen-bond acceptors (Lipinski definition) is 5. The molecule has 112 valence electrons. The Bertz CT molecular complexity index is 575. The van der Waals surface area contributed by atoms with Crippen molar-refractivity contribution in [2.45, 2.75) is 46.1 Å². The number of ether oxygens (including phenoxy) is 1. The smallest absolute Gasteiger partial charge is 0.310 e. The molecule has 2 aromatic rings. The first-order valence-electron chi connectivity index (χ1n) is 7.20. The van der Waals surface area contributed by atoms with E-state index in [2.05, 4.69) is 29.2 Å². The van der Waals surface area contributed by atoms with Crippen molar-refractivity contribution in [3.63, 3.8) is 0 Å². The number of hydrogen-bond donors (Lipinski definition) is 0. The molecule has 2 rings (SSSR count). The Hall–Kier alpha value is -2.17. The topological polar surface area (TPSA) is 65.2 Å². The van der Waals surface area contributed by atoms with Gasteiger partial charge in [-0.15, -0.1) is 0 Å². The third-order valence-electron chi connectivity index (χ3n) is 3.12. The molecule has 0 atom stereocenters. The lowest BCUT2D eigenvalue weighted by Gasteiger charge is -2.04. The van der Waals surface area contributed by atoms with Crippen LogP contribution in [0.5, 0.6) is 0 Å². The standard InChI is InChI=1S/C16H20N2O3/c1-3-4-5-13-6-8-14(9-7-13)10-16(19)20-11-15-17-12(2)18-21-15/h6-9H,3-5,10-11H2,1-2H3. The Balaban J connectivity index is 1.79. The van der Waals surface area contributed by atoms with Crippen molar-refractivity contribution in [3.8, 4) is 0 Å². The molecule has 1 heterocycles. The van der Waals surface area contributed by atoms with Crippen LogP contribution in [0.15, 0.2) is 28.8 Å². The lowest BCUT2D eigenvalue weighted by Crippen LogP contribution is -2.08. The summed E-state index contributed by atoms with van der Waals surface area (Å²) in [5.41, 5.74) is 2.25. The molecule has 0 N–H and O–H groups in total. The third-order valence-corrected chi connectivity index (χ3v) is 3.12. The first-order valence-corrected chi connectivity index (χ1v) is 7.20. The van der Waals surface area contributed by atoms with E-state index in [1.54, 1.807) is 6.92 Å². The second kappa shape index (κ2) is 7.57. The molecular formula is C16H20N2O3. The van der Waals surface area contributed by atoms with E-state index in [4.69, 9.17) is 9.26 Å². The molecule has 0 spiro atoms. The number of aromatic nitrogens is 2. The van der Waals surface area contributed by atoms with E-state index in [0.717, 1.165) is 12.0 Å². The van der Waals surface area contributed by atoms with E-state index in [0.29, 0.717) is 11.7 Å². The summed E-state index contributed by atoms with van der Waals surface area (Å²) in [6, 6.07) is 8.09. The van der Waals surface area contributed by atoms with Crippen molar-refractivity contribution in [1.82, 2.24) is 10.1 Å². The zero-order chi connectivity index (χ0) is 15.1. The van der Waals surface area contributed by atoms with Gasteiger partial charge in [0.25, 0.3) is 5.89 Å². The van der Waals surface area contributed by atoms with Crippen molar-refractivity contribution in [3.05, 3.63) is 47.1 Å². The van der Waals surface area contributed by atoms with Gasteiger partial charge in [-0.25, -0.2) is 0 Å². The zero-order valence-electron chi connectivity index (χ0n) is 12.5. The first kappa shape index (κ1) is 15.2. The number of nitrogens with zero attached hydrogens (tertiary/aromatic N) is 2. The summed E-state index contributed by atoms with van der Waals surface area (Å²) in [5.74, 6) is 0.548. The van der Waals surface area contributed by atoms with Crippen molar-refractivity contribution in [2.75, 3.05) is 0 Å². The van der Waals surface area contributed by atoms with Gasteiger partial charge in [-0.1, -0.05) is 42.8 Å². The van der Waals surface area contributed by atoms with Gasteiger partial charge in [-0.2, -0.15) is 4.98 Å². The van der Waals surface area contributed by atoms with Gasteiger partial charge >= 0.3 is 5.97 Å². The van der Waals surface area contributed by atoms with Crippen LogP contribution in [0.25, 0.3) is 0 Å². The lowest BCUT2D eigenvalue weighted by molar-refractivity contribution is -0.144. The predicted octanol–water partition coefficient (Wildman–Crippen LogP) is 3.01. The molecule has 0 amide bonds. The fourth-order valence-corrected chi connectivity index (χ4v) is 1.96. The molecular weight excluding hydrogens is 268 g/mol. The molecule has 0 aliphatic heterocycles. The summed E-state index contributed by atoms with van der Waals surface area (Å²) >= 11 is 0. The van der Waals surface area contributed by atoms with Gasteiger partial charge < -0.3 is 9.26 Å². The minimum atomic E-state index is -0.299. The maximum Gasteiger partial charge on any atom is 0.310 e. The molecule has 0 aliphatic rings. The summed E-state index contributed by atoms with van der Waals surface area (Å²) in [6.45, 7) is 3.92. The van der Waals surface area contributed by atoms with E-state index >= 15 is 0 Å². The van der Waals surface area contributed by atoms with Crippen molar-refractivity contribution in [1.29, 1.82) is 0 Å². The molecule has 0 saturated heterocycles. The number of benzene rings is 1. The van der Waals surface area contributed by atoms with Crippen LogP contribution in [0.1, 0.15) is 42.6 Å². The van der Waals surface area contributed by atoms with Crippen molar-refractivity contribution in [2.24, 2.45) is 0 Å². The fraction of sp³-hybridized carbons (Fsp3) is 0.438. The van der Waals surface area contributed by atoms with Crippen LogP contribution < -0.4 is 0 Å². The molecule has 0 radical (unpaired) electrons. The number of carbonyl (C=O) groups is 1. The molecule has 21 heavy (non-hydrogen) atoms. The van der Waals surface area contributed by atoms with E-state index in [1.807, 2.05) is 12.1 Å². The number of aryl methyl sites for hydroxylation is 2. The Morgan fingerprint density at radius 3 is 2.57 bits per heavy atom. The minimum absolute atomic E-state index is 0.0221. The van der Waals surface area contributed by atoms with Crippen LogP contribution in [0.3, 0.4) is 0 Å². The molecule has 5 heteroatoms. The molecule has 0 unspecified atom stereocenters. The van der Waals surface area contributed by atoms with Gasteiger partial charge in [0.05, 0.1) is 6.42 Å². The van der Waals surface area contributed by atoms with Crippen LogP contribution in [0.4, 0.5) is 0 Å². The van der Waals surface area contributed by atoms with Gasteiger partial charge in [0.1, 0.15) is 0 Å². The highest BCUT2D eigenvalue weighted by Crippen LogP contribution is 2.09. The maximum absolute atomic E-state index is 11.7. The van der Waals surface area contributed by atoms with Gasteiger partial charge in [0.15, 0.2) is 12.4 Å². The van der Waals surface area contributed by atoms with Crippen LogP contribution >= 0.6 is 0 Å². The van der Waals surface area contributed by atoms with Crippen LogP contribution in [0, 0.1) is 6.92 Å². The number of unbranched alkanes of at least 4 members (excludes halogenated alkanes) is 1. The van der Waals surface area contributed by atoms with Crippen LogP contribution in [-0.4, -0.2) is 16.1 Å². The molecule has 0 saturated carbocycles. The van der Waals surface area contributed by atoms with E-state index in [1.165, 1.54) is 18.4 Å². The molecule has 0 fully saturated rings. The van der Waals surface area contributed by atoms with Gasteiger partial charge in [0, 0.05) is 0 Å². The Labute approximate surface area is 124 Å². The number of esters is 1.